The van der Waals surface area contributed by atoms with Crippen molar-refractivity contribution in [3.05, 3.63) is 5.82 Å². The zero-order chi connectivity index (χ0) is 9.52. The number of hydrogen-bond acceptors (Lipinski definition) is 3. The van der Waals surface area contributed by atoms with E-state index in [1.807, 2.05) is 0 Å². The van der Waals surface area contributed by atoms with Crippen molar-refractivity contribution in [2.75, 3.05) is 0 Å². The van der Waals surface area contributed by atoms with Crippen LogP contribution in [0.3, 0.4) is 0 Å². The molecule has 1 aromatic heterocycles. The van der Waals surface area contributed by atoms with Crippen molar-refractivity contribution in [3.8, 4) is 0 Å². The molecule has 0 radical (unpaired) electrons. The van der Waals surface area contributed by atoms with Gasteiger partial charge in [0.15, 0.2) is 5.82 Å². The zero-order valence-electron chi connectivity index (χ0n) is 8.53. The number of hydrogen-bond donors (Lipinski definition) is 0. The lowest BCUT2D eigenvalue weighted by atomic mass is 10.2. The standard InChI is InChI=1S/C9H18N4/c1-3-5-6-7-9-10-12-13(11-9)8-4-2/h3-8H2,1-2H3. The summed E-state index contributed by atoms with van der Waals surface area (Å²) in [4.78, 5) is 1.68. The third-order valence-electron chi connectivity index (χ3n) is 1.92. The summed E-state index contributed by atoms with van der Waals surface area (Å²) >= 11 is 0. The van der Waals surface area contributed by atoms with E-state index in [1.54, 1.807) is 4.80 Å². The van der Waals surface area contributed by atoms with Crippen LogP contribution < -0.4 is 0 Å². The van der Waals surface area contributed by atoms with Gasteiger partial charge in [0.1, 0.15) is 0 Å². The highest BCUT2D eigenvalue weighted by Gasteiger charge is 2.00. The lowest BCUT2D eigenvalue weighted by molar-refractivity contribution is 0.512. The molecule has 0 saturated heterocycles. The minimum atomic E-state index is 0.876. The van der Waals surface area contributed by atoms with Crippen LogP contribution in [0.4, 0.5) is 0 Å². The molecule has 0 aliphatic carbocycles. The van der Waals surface area contributed by atoms with Gasteiger partial charge in [0.2, 0.25) is 0 Å². The molecule has 0 N–H and O–H groups in total. The summed E-state index contributed by atoms with van der Waals surface area (Å²) < 4.78 is 0. The van der Waals surface area contributed by atoms with Crippen LogP contribution in [-0.4, -0.2) is 20.2 Å². The van der Waals surface area contributed by atoms with Crippen LogP contribution in [0.15, 0.2) is 0 Å². The number of tetrazole rings is 1. The first-order chi connectivity index (χ1) is 6.36. The molecule has 4 nitrogen and oxygen atoms in total. The highest BCUT2D eigenvalue weighted by molar-refractivity contribution is 4.76. The molecule has 0 fully saturated rings. The molecule has 1 rings (SSSR count). The first-order valence-electron chi connectivity index (χ1n) is 5.13. The van der Waals surface area contributed by atoms with E-state index in [2.05, 4.69) is 29.3 Å². The van der Waals surface area contributed by atoms with E-state index in [0.29, 0.717) is 0 Å². The molecule has 1 aromatic rings. The van der Waals surface area contributed by atoms with Crippen molar-refractivity contribution in [2.24, 2.45) is 0 Å². The van der Waals surface area contributed by atoms with Gasteiger partial charge in [-0.1, -0.05) is 26.7 Å². The Kier molecular flexibility index (Phi) is 4.43. The molecule has 1 heterocycles. The van der Waals surface area contributed by atoms with Gasteiger partial charge in [-0.15, -0.1) is 10.2 Å². The SMILES string of the molecule is CCCCCc1nnn(CCC)n1. The Morgan fingerprint density at radius 1 is 1.15 bits per heavy atom. The maximum atomic E-state index is 4.27. The van der Waals surface area contributed by atoms with E-state index in [-0.39, 0.29) is 0 Å². The Hall–Kier alpha value is -0.930. The lowest BCUT2D eigenvalue weighted by Crippen LogP contribution is -2.01. The lowest BCUT2D eigenvalue weighted by Gasteiger charge is -1.93. The van der Waals surface area contributed by atoms with Crippen LogP contribution in [0.5, 0.6) is 0 Å². The molecule has 0 amide bonds. The Balaban J connectivity index is 2.31. The fraction of sp³-hybridized carbons (Fsp3) is 0.889. The van der Waals surface area contributed by atoms with Crippen LogP contribution in [0.25, 0.3) is 0 Å². The predicted molar refractivity (Wildman–Crippen MR) is 51.3 cm³/mol. The fourth-order valence-corrected chi connectivity index (χ4v) is 1.20. The summed E-state index contributed by atoms with van der Waals surface area (Å²) in [6, 6.07) is 0. The Bertz CT molecular complexity index is 231. The van der Waals surface area contributed by atoms with E-state index in [0.717, 1.165) is 25.2 Å². The maximum Gasteiger partial charge on any atom is 0.174 e. The van der Waals surface area contributed by atoms with Crippen LogP contribution in [0.2, 0.25) is 0 Å². The minimum Gasteiger partial charge on any atom is -0.164 e. The topological polar surface area (TPSA) is 43.6 Å². The summed E-state index contributed by atoms with van der Waals surface area (Å²) in [5.74, 6) is 0.891. The zero-order valence-corrected chi connectivity index (χ0v) is 8.53. The largest absolute Gasteiger partial charge is 0.174 e. The third-order valence-corrected chi connectivity index (χ3v) is 1.92. The monoisotopic (exact) mass is 182 g/mol. The van der Waals surface area contributed by atoms with Crippen molar-refractivity contribution in [2.45, 2.75) is 52.5 Å². The number of unbranched alkanes of at least 4 members (excludes halogenated alkanes) is 2. The molecule has 13 heavy (non-hydrogen) atoms. The van der Waals surface area contributed by atoms with Gasteiger partial charge in [0, 0.05) is 6.42 Å². The molecular formula is C9H18N4. The number of rotatable bonds is 6. The van der Waals surface area contributed by atoms with Gasteiger partial charge in [-0.3, -0.25) is 0 Å². The molecule has 0 aromatic carbocycles. The number of aromatic nitrogens is 4. The molecule has 0 atom stereocenters. The van der Waals surface area contributed by atoms with Crippen LogP contribution >= 0.6 is 0 Å². The predicted octanol–water partition coefficient (Wildman–Crippen LogP) is 1.82. The third kappa shape index (κ3) is 3.53. The highest BCUT2D eigenvalue weighted by atomic mass is 15.6. The smallest absolute Gasteiger partial charge is 0.164 e. The molecule has 0 saturated carbocycles. The van der Waals surface area contributed by atoms with Gasteiger partial charge in [0.05, 0.1) is 6.54 Å². The van der Waals surface area contributed by atoms with Crippen LogP contribution in [0, 0.1) is 0 Å². The van der Waals surface area contributed by atoms with Gasteiger partial charge in [-0.2, -0.15) is 4.80 Å². The van der Waals surface area contributed by atoms with Gasteiger partial charge in [-0.25, -0.2) is 0 Å². The molecule has 0 spiro atoms. The van der Waals surface area contributed by atoms with Gasteiger partial charge >= 0.3 is 0 Å². The molecule has 0 aliphatic rings. The van der Waals surface area contributed by atoms with Gasteiger partial charge in [-0.05, 0) is 18.1 Å². The van der Waals surface area contributed by atoms with Crippen LogP contribution in [-0.2, 0) is 13.0 Å². The van der Waals surface area contributed by atoms with Gasteiger partial charge < -0.3 is 0 Å². The molecule has 0 unspecified atom stereocenters. The van der Waals surface area contributed by atoms with E-state index >= 15 is 0 Å². The van der Waals surface area contributed by atoms with Crippen molar-refractivity contribution in [1.29, 1.82) is 0 Å². The highest BCUT2D eigenvalue weighted by Crippen LogP contribution is 2.00. The molecule has 0 aliphatic heterocycles. The van der Waals surface area contributed by atoms with E-state index in [1.165, 1.54) is 19.3 Å². The maximum absolute atomic E-state index is 4.27. The summed E-state index contributed by atoms with van der Waals surface area (Å²) in [6.07, 6.45) is 5.70. The normalized spacial score (nSPS) is 10.6. The van der Waals surface area contributed by atoms with Crippen molar-refractivity contribution in [3.63, 3.8) is 0 Å². The van der Waals surface area contributed by atoms with Crippen molar-refractivity contribution < 1.29 is 0 Å². The minimum absolute atomic E-state index is 0.876. The number of aryl methyl sites for hydroxylation is 2. The summed E-state index contributed by atoms with van der Waals surface area (Å²) in [5, 5.41) is 12.2. The van der Waals surface area contributed by atoms with Gasteiger partial charge in [0.25, 0.3) is 0 Å². The van der Waals surface area contributed by atoms with E-state index in [4.69, 9.17) is 0 Å². The fourth-order valence-electron chi connectivity index (χ4n) is 1.20. The summed E-state index contributed by atoms with van der Waals surface area (Å²) in [5.41, 5.74) is 0. The average molecular weight is 182 g/mol. The summed E-state index contributed by atoms with van der Waals surface area (Å²) in [6.45, 7) is 5.18. The quantitative estimate of drug-likeness (QED) is 0.630. The van der Waals surface area contributed by atoms with E-state index < -0.39 is 0 Å². The first-order valence-corrected chi connectivity index (χ1v) is 5.13. The second kappa shape index (κ2) is 5.67. The second-order valence-electron chi connectivity index (χ2n) is 3.26. The van der Waals surface area contributed by atoms with Crippen molar-refractivity contribution >= 4 is 0 Å². The Labute approximate surface area is 79.3 Å². The van der Waals surface area contributed by atoms with Crippen molar-refractivity contribution in [1.82, 2.24) is 20.2 Å². The van der Waals surface area contributed by atoms with Crippen LogP contribution in [0.1, 0.15) is 45.4 Å². The van der Waals surface area contributed by atoms with E-state index in [9.17, 15) is 0 Å². The number of nitrogens with zero attached hydrogens (tertiary/aromatic N) is 4. The Morgan fingerprint density at radius 3 is 2.69 bits per heavy atom. The summed E-state index contributed by atoms with van der Waals surface area (Å²) in [7, 11) is 0. The molecule has 0 bridgehead atoms. The molecule has 4 heteroatoms. The molecule has 74 valence electrons. The Morgan fingerprint density at radius 2 is 2.00 bits per heavy atom. The molecular weight excluding hydrogens is 164 g/mol. The average Bonchev–Trinajstić information content (AvgIpc) is 2.54. The first kappa shape index (κ1) is 10.2. The second-order valence-corrected chi connectivity index (χ2v) is 3.26.